The highest BCUT2D eigenvalue weighted by molar-refractivity contribution is 5.85. The maximum Gasteiger partial charge on any atom is 0.0974 e. The van der Waals surface area contributed by atoms with E-state index >= 15 is 0 Å². The first-order valence-electron chi connectivity index (χ1n) is 9.28. The molecule has 3 rings (SSSR count). The molecule has 142 valence electrons. The van der Waals surface area contributed by atoms with Gasteiger partial charge < -0.3 is 9.84 Å². The van der Waals surface area contributed by atoms with Crippen LogP contribution >= 0.6 is 12.4 Å². The molecule has 4 heteroatoms. The van der Waals surface area contributed by atoms with Crippen molar-refractivity contribution in [3.8, 4) is 0 Å². The summed E-state index contributed by atoms with van der Waals surface area (Å²) >= 11 is 0. The summed E-state index contributed by atoms with van der Waals surface area (Å²) in [5.74, 6) is 0.0273. The molecule has 26 heavy (non-hydrogen) atoms. The van der Waals surface area contributed by atoms with E-state index in [4.69, 9.17) is 4.74 Å². The molecule has 0 aliphatic carbocycles. The van der Waals surface area contributed by atoms with Crippen LogP contribution in [0.1, 0.15) is 36.0 Å². The number of nitrogens with zero attached hydrogens (tertiary/aromatic N) is 1. The molecule has 0 amide bonds. The van der Waals surface area contributed by atoms with Crippen LogP contribution in [0.2, 0.25) is 0 Å². The predicted molar refractivity (Wildman–Crippen MR) is 109 cm³/mol. The first-order chi connectivity index (χ1) is 12.1. The highest BCUT2D eigenvalue weighted by atomic mass is 35.5. The number of hydrogen-bond donors (Lipinski definition) is 1. The van der Waals surface area contributed by atoms with Crippen LogP contribution in [0.3, 0.4) is 0 Å². The summed E-state index contributed by atoms with van der Waals surface area (Å²) in [4.78, 5) is 2.41. The van der Waals surface area contributed by atoms with Crippen LogP contribution in [0.5, 0.6) is 0 Å². The van der Waals surface area contributed by atoms with Crippen molar-refractivity contribution < 1.29 is 9.84 Å². The van der Waals surface area contributed by atoms with Gasteiger partial charge >= 0.3 is 0 Å². The second kappa shape index (κ2) is 9.52. The summed E-state index contributed by atoms with van der Waals surface area (Å²) in [6.45, 7) is 8.40. The number of benzene rings is 2. The van der Waals surface area contributed by atoms with Crippen molar-refractivity contribution in [3.05, 3.63) is 71.3 Å². The SMILES string of the molecule is CCC(O)(c1ccc(C)cc1)C(CN1CCOCC1)c1ccccc1.Cl. The van der Waals surface area contributed by atoms with Gasteiger partial charge in [0.25, 0.3) is 0 Å². The third-order valence-corrected chi connectivity index (χ3v) is 5.41. The Balaban J connectivity index is 0.00000243. The lowest BCUT2D eigenvalue weighted by molar-refractivity contribution is -0.0250. The first kappa shape index (κ1) is 20.9. The molecule has 1 aliphatic rings. The third-order valence-electron chi connectivity index (χ3n) is 5.41. The summed E-state index contributed by atoms with van der Waals surface area (Å²) in [5.41, 5.74) is 2.53. The molecule has 2 aromatic rings. The molecule has 2 atom stereocenters. The molecule has 1 aliphatic heterocycles. The number of halogens is 1. The van der Waals surface area contributed by atoms with E-state index in [0.29, 0.717) is 6.42 Å². The van der Waals surface area contributed by atoms with E-state index in [2.05, 4.69) is 67.3 Å². The highest BCUT2D eigenvalue weighted by Gasteiger charge is 2.39. The Morgan fingerprint density at radius 3 is 2.23 bits per heavy atom. The van der Waals surface area contributed by atoms with Crippen molar-refractivity contribution in [2.45, 2.75) is 31.8 Å². The molecule has 1 N–H and O–H groups in total. The molecule has 0 spiro atoms. The van der Waals surface area contributed by atoms with Crippen molar-refractivity contribution >= 4 is 12.4 Å². The van der Waals surface area contributed by atoms with Crippen LogP contribution in [0.25, 0.3) is 0 Å². The summed E-state index contributed by atoms with van der Waals surface area (Å²) in [6, 6.07) is 18.8. The van der Waals surface area contributed by atoms with Gasteiger partial charge in [0, 0.05) is 25.6 Å². The van der Waals surface area contributed by atoms with E-state index in [1.165, 1.54) is 11.1 Å². The number of aryl methyl sites for hydroxylation is 1. The molecule has 1 fully saturated rings. The Bertz CT molecular complexity index is 656. The van der Waals surface area contributed by atoms with E-state index in [1.807, 2.05) is 6.07 Å². The molecule has 1 saturated heterocycles. The molecule has 1 heterocycles. The van der Waals surface area contributed by atoms with E-state index in [9.17, 15) is 5.11 Å². The summed E-state index contributed by atoms with van der Waals surface area (Å²) in [5, 5.41) is 11.8. The highest BCUT2D eigenvalue weighted by Crippen LogP contribution is 2.40. The molecule has 0 radical (unpaired) electrons. The largest absolute Gasteiger partial charge is 0.384 e. The van der Waals surface area contributed by atoms with E-state index < -0.39 is 5.60 Å². The predicted octanol–water partition coefficient (Wildman–Crippen LogP) is 4.13. The maximum absolute atomic E-state index is 11.8. The minimum atomic E-state index is -0.882. The molecule has 0 aromatic heterocycles. The quantitative estimate of drug-likeness (QED) is 0.823. The minimum absolute atomic E-state index is 0. The molecular formula is C22H30ClNO2. The number of hydrogen-bond acceptors (Lipinski definition) is 3. The zero-order valence-electron chi connectivity index (χ0n) is 15.7. The second-order valence-electron chi connectivity index (χ2n) is 7.02. The number of rotatable bonds is 6. The van der Waals surface area contributed by atoms with E-state index in [-0.39, 0.29) is 18.3 Å². The van der Waals surface area contributed by atoms with Gasteiger partial charge in [-0.15, -0.1) is 12.4 Å². The Kier molecular flexibility index (Phi) is 7.66. The second-order valence-corrected chi connectivity index (χ2v) is 7.02. The standard InChI is InChI=1S/C22H29NO2.ClH/c1-3-22(24,20-11-9-18(2)10-12-20)21(19-7-5-4-6-8-19)17-23-13-15-25-16-14-23;/h4-12,21,24H,3,13-17H2,1-2H3;1H. The fourth-order valence-corrected chi connectivity index (χ4v) is 3.75. The van der Waals surface area contributed by atoms with Gasteiger partial charge in [-0.2, -0.15) is 0 Å². The van der Waals surface area contributed by atoms with E-state index in [0.717, 1.165) is 38.4 Å². The van der Waals surface area contributed by atoms with E-state index in [1.54, 1.807) is 0 Å². The van der Waals surface area contributed by atoms with Gasteiger partial charge in [0.05, 0.1) is 18.8 Å². The Morgan fingerprint density at radius 1 is 1.04 bits per heavy atom. The lowest BCUT2D eigenvalue weighted by Gasteiger charge is -2.40. The summed E-state index contributed by atoms with van der Waals surface area (Å²) in [6.07, 6.45) is 0.681. The Hall–Kier alpha value is -1.39. The summed E-state index contributed by atoms with van der Waals surface area (Å²) < 4.78 is 5.49. The van der Waals surface area contributed by atoms with Gasteiger partial charge in [0.1, 0.15) is 0 Å². The lowest BCUT2D eigenvalue weighted by atomic mass is 9.75. The molecular weight excluding hydrogens is 346 g/mol. The zero-order valence-corrected chi connectivity index (χ0v) is 16.5. The van der Waals surface area contributed by atoms with Crippen molar-refractivity contribution in [1.29, 1.82) is 0 Å². The van der Waals surface area contributed by atoms with Crippen LogP contribution in [0.4, 0.5) is 0 Å². The van der Waals surface area contributed by atoms with Crippen molar-refractivity contribution in [2.24, 2.45) is 0 Å². The summed E-state index contributed by atoms with van der Waals surface area (Å²) in [7, 11) is 0. The fraction of sp³-hybridized carbons (Fsp3) is 0.455. The van der Waals surface area contributed by atoms with Gasteiger partial charge in [0.15, 0.2) is 0 Å². The molecule has 0 bridgehead atoms. The average Bonchev–Trinajstić information content (AvgIpc) is 2.67. The van der Waals surface area contributed by atoms with Gasteiger partial charge in [-0.3, -0.25) is 4.90 Å². The van der Waals surface area contributed by atoms with Crippen LogP contribution in [0, 0.1) is 6.92 Å². The monoisotopic (exact) mass is 375 g/mol. The Morgan fingerprint density at radius 2 is 1.65 bits per heavy atom. The zero-order chi connectivity index (χ0) is 17.7. The van der Waals surface area contributed by atoms with Crippen molar-refractivity contribution in [2.75, 3.05) is 32.8 Å². The van der Waals surface area contributed by atoms with Gasteiger partial charge in [-0.05, 0) is 24.5 Å². The van der Waals surface area contributed by atoms with Gasteiger partial charge in [0.2, 0.25) is 0 Å². The van der Waals surface area contributed by atoms with Crippen LogP contribution in [-0.4, -0.2) is 42.9 Å². The van der Waals surface area contributed by atoms with Gasteiger partial charge in [-0.1, -0.05) is 67.1 Å². The first-order valence-corrected chi connectivity index (χ1v) is 9.28. The van der Waals surface area contributed by atoms with Crippen LogP contribution < -0.4 is 0 Å². The minimum Gasteiger partial charge on any atom is -0.384 e. The molecule has 2 aromatic carbocycles. The van der Waals surface area contributed by atoms with Crippen molar-refractivity contribution in [3.63, 3.8) is 0 Å². The maximum atomic E-state index is 11.8. The van der Waals surface area contributed by atoms with Crippen LogP contribution in [-0.2, 0) is 10.3 Å². The molecule has 0 saturated carbocycles. The lowest BCUT2D eigenvalue weighted by Crippen LogP contribution is -2.44. The fourth-order valence-electron chi connectivity index (χ4n) is 3.75. The van der Waals surface area contributed by atoms with Gasteiger partial charge in [-0.25, -0.2) is 0 Å². The normalized spacial score (nSPS) is 18.6. The third kappa shape index (κ3) is 4.66. The van der Waals surface area contributed by atoms with Crippen LogP contribution in [0.15, 0.2) is 54.6 Å². The number of aliphatic hydroxyl groups is 1. The molecule has 2 unspecified atom stereocenters. The smallest absolute Gasteiger partial charge is 0.0974 e. The molecule has 3 nitrogen and oxygen atoms in total. The Labute approximate surface area is 163 Å². The number of morpholine rings is 1. The average molecular weight is 376 g/mol. The topological polar surface area (TPSA) is 32.7 Å². The number of ether oxygens (including phenoxy) is 1. The van der Waals surface area contributed by atoms with Crippen molar-refractivity contribution in [1.82, 2.24) is 4.90 Å².